The van der Waals surface area contributed by atoms with Gasteiger partial charge in [-0.25, -0.2) is 0 Å². The number of hydrogen-bond donors (Lipinski definition) is 2. The molecule has 96 valence electrons. The summed E-state index contributed by atoms with van der Waals surface area (Å²) in [7, 11) is 0. The van der Waals surface area contributed by atoms with Crippen LogP contribution in [0.4, 0.5) is 5.69 Å². The molecule has 0 aromatic heterocycles. The van der Waals surface area contributed by atoms with Crippen LogP contribution in [-0.2, 0) is 16.0 Å². The average molecular weight is 247 g/mol. The standard InChI is InChI=1S/C14H17NO3/c1-2-10-6-3-4-7-11(10)15-12(16)14(13(17)18)8-5-9-14/h3-4,6-7H,2,5,8-9H2,1H3,(H,15,16)(H,17,18). The summed E-state index contributed by atoms with van der Waals surface area (Å²) in [5.74, 6) is -1.40. The van der Waals surface area contributed by atoms with Crippen molar-refractivity contribution in [1.82, 2.24) is 0 Å². The van der Waals surface area contributed by atoms with E-state index in [1.165, 1.54) is 0 Å². The first kappa shape index (κ1) is 12.6. The highest BCUT2D eigenvalue weighted by Gasteiger charge is 2.51. The highest BCUT2D eigenvalue weighted by Crippen LogP contribution is 2.42. The fraction of sp³-hybridized carbons (Fsp3) is 0.429. The summed E-state index contributed by atoms with van der Waals surface area (Å²) in [5, 5.41) is 12.0. The quantitative estimate of drug-likeness (QED) is 0.803. The second-order valence-corrected chi connectivity index (χ2v) is 4.71. The Morgan fingerprint density at radius 3 is 2.50 bits per heavy atom. The Balaban J connectivity index is 2.19. The van der Waals surface area contributed by atoms with Crippen LogP contribution in [0.15, 0.2) is 24.3 Å². The average Bonchev–Trinajstić information content (AvgIpc) is 2.27. The van der Waals surface area contributed by atoms with Gasteiger partial charge in [0.05, 0.1) is 0 Å². The Morgan fingerprint density at radius 2 is 2.00 bits per heavy atom. The molecule has 0 atom stereocenters. The highest BCUT2D eigenvalue weighted by molar-refractivity contribution is 6.09. The zero-order valence-corrected chi connectivity index (χ0v) is 10.4. The van der Waals surface area contributed by atoms with E-state index in [0.717, 1.165) is 24.1 Å². The third kappa shape index (κ3) is 1.98. The van der Waals surface area contributed by atoms with Gasteiger partial charge in [0.1, 0.15) is 5.41 Å². The molecule has 4 nitrogen and oxygen atoms in total. The van der Waals surface area contributed by atoms with Gasteiger partial charge < -0.3 is 10.4 Å². The zero-order chi connectivity index (χ0) is 13.2. The number of amides is 1. The molecule has 0 bridgehead atoms. The number of carboxylic acids is 1. The number of aliphatic carboxylic acids is 1. The predicted molar refractivity (Wildman–Crippen MR) is 68.4 cm³/mol. The van der Waals surface area contributed by atoms with Crippen molar-refractivity contribution in [3.8, 4) is 0 Å². The molecule has 18 heavy (non-hydrogen) atoms. The van der Waals surface area contributed by atoms with Crippen molar-refractivity contribution >= 4 is 17.6 Å². The molecule has 1 amide bonds. The van der Waals surface area contributed by atoms with Crippen molar-refractivity contribution in [3.05, 3.63) is 29.8 Å². The molecular formula is C14H17NO3. The molecule has 1 aromatic carbocycles. The number of rotatable bonds is 4. The summed E-state index contributed by atoms with van der Waals surface area (Å²) in [6.45, 7) is 2.00. The van der Waals surface area contributed by atoms with Crippen molar-refractivity contribution in [1.29, 1.82) is 0 Å². The van der Waals surface area contributed by atoms with Gasteiger partial charge in [0.2, 0.25) is 5.91 Å². The Kier molecular flexibility index (Phi) is 3.36. The molecule has 2 N–H and O–H groups in total. The summed E-state index contributed by atoms with van der Waals surface area (Å²) in [6, 6.07) is 7.49. The minimum Gasteiger partial charge on any atom is -0.480 e. The summed E-state index contributed by atoms with van der Waals surface area (Å²) >= 11 is 0. The molecule has 4 heteroatoms. The van der Waals surface area contributed by atoms with Crippen LogP contribution in [0.5, 0.6) is 0 Å². The van der Waals surface area contributed by atoms with Crippen LogP contribution in [0.25, 0.3) is 0 Å². The van der Waals surface area contributed by atoms with Gasteiger partial charge in [-0.3, -0.25) is 9.59 Å². The first-order valence-electron chi connectivity index (χ1n) is 6.23. The van der Waals surface area contributed by atoms with Crippen LogP contribution in [0, 0.1) is 5.41 Å². The molecule has 1 fully saturated rings. The Labute approximate surface area is 106 Å². The van der Waals surface area contributed by atoms with Crippen molar-refractivity contribution in [2.45, 2.75) is 32.6 Å². The summed E-state index contributed by atoms with van der Waals surface area (Å²) in [4.78, 5) is 23.4. The number of carbonyl (C=O) groups excluding carboxylic acids is 1. The molecule has 0 spiro atoms. The van der Waals surface area contributed by atoms with Crippen LogP contribution in [0.3, 0.4) is 0 Å². The Hall–Kier alpha value is -1.84. The minimum atomic E-state index is -1.21. The zero-order valence-electron chi connectivity index (χ0n) is 10.4. The van der Waals surface area contributed by atoms with E-state index in [-0.39, 0.29) is 5.91 Å². The monoisotopic (exact) mass is 247 g/mol. The summed E-state index contributed by atoms with van der Waals surface area (Å²) in [6.07, 6.45) is 2.47. The van der Waals surface area contributed by atoms with Gasteiger partial charge in [-0.2, -0.15) is 0 Å². The minimum absolute atomic E-state index is 0.387. The van der Waals surface area contributed by atoms with Gasteiger partial charge in [-0.1, -0.05) is 31.5 Å². The predicted octanol–water partition coefficient (Wildman–Crippen LogP) is 2.44. The number of benzene rings is 1. The lowest BCUT2D eigenvalue weighted by atomic mass is 9.68. The highest BCUT2D eigenvalue weighted by atomic mass is 16.4. The molecule has 0 radical (unpaired) electrons. The van der Waals surface area contributed by atoms with Crippen LogP contribution in [-0.4, -0.2) is 17.0 Å². The van der Waals surface area contributed by atoms with E-state index < -0.39 is 11.4 Å². The number of carbonyl (C=O) groups is 2. The molecule has 1 aliphatic carbocycles. The van der Waals surface area contributed by atoms with E-state index in [1.807, 2.05) is 31.2 Å². The van der Waals surface area contributed by atoms with Crippen LogP contribution in [0.2, 0.25) is 0 Å². The van der Waals surface area contributed by atoms with E-state index in [4.69, 9.17) is 0 Å². The van der Waals surface area contributed by atoms with E-state index in [0.29, 0.717) is 12.8 Å². The number of aryl methyl sites for hydroxylation is 1. The van der Waals surface area contributed by atoms with Crippen molar-refractivity contribution in [2.24, 2.45) is 5.41 Å². The Bertz CT molecular complexity index is 478. The number of nitrogens with one attached hydrogen (secondary N) is 1. The molecule has 0 aliphatic heterocycles. The van der Waals surface area contributed by atoms with Crippen LogP contribution < -0.4 is 5.32 Å². The maximum Gasteiger partial charge on any atom is 0.319 e. The van der Waals surface area contributed by atoms with E-state index in [1.54, 1.807) is 0 Å². The maximum atomic E-state index is 12.1. The topological polar surface area (TPSA) is 66.4 Å². The van der Waals surface area contributed by atoms with E-state index in [2.05, 4.69) is 5.32 Å². The second-order valence-electron chi connectivity index (χ2n) is 4.71. The van der Waals surface area contributed by atoms with Crippen molar-refractivity contribution < 1.29 is 14.7 Å². The molecule has 0 unspecified atom stereocenters. The Morgan fingerprint density at radius 1 is 1.33 bits per heavy atom. The molecule has 1 aromatic rings. The smallest absolute Gasteiger partial charge is 0.319 e. The second kappa shape index (κ2) is 4.80. The van der Waals surface area contributed by atoms with Crippen LogP contribution in [0.1, 0.15) is 31.7 Å². The van der Waals surface area contributed by atoms with Gasteiger partial charge in [0, 0.05) is 5.69 Å². The van der Waals surface area contributed by atoms with E-state index >= 15 is 0 Å². The van der Waals surface area contributed by atoms with E-state index in [9.17, 15) is 14.7 Å². The largest absolute Gasteiger partial charge is 0.480 e. The molecule has 1 saturated carbocycles. The third-order valence-corrected chi connectivity index (χ3v) is 3.70. The van der Waals surface area contributed by atoms with Crippen molar-refractivity contribution in [2.75, 3.05) is 5.32 Å². The maximum absolute atomic E-state index is 12.1. The lowest BCUT2D eigenvalue weighted by Crippen LogP contribution is -2.48. The fourth-order valence-electron chi connectivity index (χ4n) is 2.26. The molecule has 0 heterocycles. The van der Waals surface area contributed by atoms with Gasteiger partial charge in [-0.15, -0.1) is 0 Å². The number of carboxylic acid groups (broad SMARTS) is 1. The number of anilines is 1. The summed E-state index contributed by atoms with van der Waals surface area (Å²) < 4.78 is 0. The first-order chi connectivity index (χ1) is 8.60. The lowest BCUT2D eigenvalue weighted by molar-refractivity contribution is -0.159. The number of para-hydroxylation sites is 1. The normalized spacial score (nSPS) is 16.7. The third-order valence-electron chi connectivity index (χ3n) is 3.70. The number of hydrogen-bond acceptors (Lipinski definition) is 2. The molecule has 2 rings (SSSR count). The van der Waals surface area contributed by atoms with Crippen molar-refractivity contribution in [3.63, 3.8) is 0 Å². The molecule has 0 saturated heterocycles. The van der Waals surface area contributed by atoms with Crippen LogP contribution >= 0.6 is 0 Å². The SMILES string of the molecule is CCc1ccccc1NC(=O)C1(C(=O)O)CCC1. The van der Waals surface area contributed by atoms with Gasteiger partial charge in [0.15, 0.2) is 0 Å². The fourth-order valence-corrected chi connectivity index (χ4v) is 2.26. The first-order valence-corrected chi connectivity index (χ1v) is 6.23. The summed E-state index contributed by atoms with van der Waals surface area (Å²) in [5.41, 5.74) is 0.532. The lowest BCUT2D eigenvalue weighted by Gasteiger charge is -2.35. The van der Waals surface area contributed by atoms with Gasteiger partial charge in [0.25, 0.3) is 0 Å². The molecule has 1 aliphatic rings. The van der Waals surface area contributed by atoms with Gasteiger partial charge >= 0.3 is 5.97 Å². The molecular weight excluding hydrogens is 230 g/mol. The van der Waals surface area contributed by atoms with Gasteiger partial charge in [-0.05, 0) is 30.9 Å².